The van der Waals surface area contributed by atoms with Crippen LogP contribution in [0.2, 0.25) is 5.02 Å². The predicted molar refractivity (Wildman–Crippen MR) is 56.6 cm³/mol. The maximum Gasteiger partial charge on any atom is 0.253 e. The number of hydrogen-bond acceptors (Lipinski definition) is 1. The molecular weight excluding hydrogens is 217 g/mol. The number of hydrogen-bond donors (Lipinski definition) is 1. The van der Waals surface area contributed by atoms with Gasteiger partial charge in [-0.2, -0.15) is 0 Å². The first-order valence-corrected chi connectivity index (χ1v) is 5.22. The van der Waals surface area contributed by atoms with Crippen LogP contribution in [-0.4, -0.2) is 11.9 Å². The third kappa shape index (κ3) is 2.29. The van der Waals surface area contributed by atoms with Crippen LogP contribution in [-0.2, 0) is 0 Å². The molecule has 0 unspecified atom stereocenters. The van der Waals surface area contributed by atoms with E-state index in [2.05, 4.69) is 5.32 Å². The molecule has 1 N–H and O–H groups in total. The Labute approximate surface area is 92.4 Å². The molecule has 1 aliphatic carbocycles. The molecule has 0 heterocycles. The Morgan fingerprint density at radius 3 is 2.80 bits per heavy atom. The Bertz CT molecular complexity index is 415. The molecule has 80 valence electrons. The fourth-order valence-corrected chi connectivity index (χ4v) is 1.58. The Morgan fingerprint density at radius 1 is 1.53 bits per heavy atom. The summed E-state index contributed by atoms with van der Waals surface area (Å²) in [6.45, 7) is 1.68. The first kappa shape index (κ1) is 10.4. The van der Waals surface area contributed by atoms with Gasteiger partial charge in [-0.1, -0.05) is 11.6 Å². The highest BCUT2D eigenvalue weighted by Crippen LogP contribution is 2.24. The second-order valence-corrected chi connectivity index (χ2v) is 4.21. The number of carbonyl (C=O) groups excluding carboxylic acids is 1. The molecule has 1 fully saturated rings. The largest absolute Gasteiger partial charge is 0.349 e. The average Bonchev–Trinajstić information content (AvgIpc) is 2.94. The molecule has 0 bridgehead atoms. The van der Waals surface area contributed by atoms with Gasteiger partial charge in [0, 0.05) is 6.04 Å². The van der Waals surface area contributed by atoms with Crippen LogP contribution in [0.25, 0.3) is 0 Å². The van der Waals surface area contributed by atoms with Gasteiger partial charge in [0.1, 0.15) is 5.82 Å². The maximum absolute atomic E-state index is 13.1. The number of benzene rings is 1. The summed E-state index contributed by atoms with van der Waals surface area (Å²) in [5.41, 5.74) is 0.804. The van der Waals surface area contributed by atoms with Crippen LogP contribution in [0.5, 0.6) is 0 Å². The molecule has 15 heavy (non-hydrogen) atoms. The van der Waals surface area contributed by atoms with Crippen molar-refractivity contribution in [3.8, 4) is 0 Å². The molecule has 0 aromatic heterocycles. The third-order valence-electron chi connectivity index (χ3n) is 2.38. The minimum absolute atomic E-state index is 0.223. The van der Waals surface area contributed by atoms with E-state index < -0.39 is 5.82 Å². The van der Waals surface area contributed by atoms with E-state index >= 15 is 0 Å². The highest BCUT2D eigenvalue weighted by Gasteiger charge is 2.25. The molecule has 0 saturated heterocycles. The van der Waals surface area contributed by atoms with E-state index in [1.54, 1.807) is 6.92 Å². The number of halogens is 2. The van der Waals surface area contributed by atoms with Crippen LogP contribution in [0.15, 0.2) is 12.1 Å². The topological polar surface area (TPSA) is 29.1 Å². The van der Waals surface area contributed by atoms with Gasteiger partial charge in [-0.15, -0.1) is 0 Å². The lowest BCUT2D eigenvalue weighted by Crippen LogP contribution is -2.25. The number of amides is 1. The lowest BCUT2D eigenvalue weighted by molar-refractivity contribution is 0.0950. The van der Waals surface area contributed by atoms with Crippen LogP contribution in [0.3, 0.4) is 0 Å². The summed E-state index contributed by atoms with van der Waals surface area (Å²) in [7, 11) is 0. The van der Waals surface area contributed by atoms with E-state index in [9.17, 15) is 9.18 Å². The zero-order valence-corrected chi connectivity index (χ0v) is 9.07. The van der Waals surface area contributed by atoms with Gasteiger partial charge in [-0.25, -0.2) is 4.39 Å². The Hall–Kier alpha value is -1.09. The fraction of sp³-hybridized carbons (Fsp3) is 0.364. The van der Waals surface area contributed by atoms with Crippen molar-refractivity contribution >= 4 is 17.5 Å². The highest BCUT2D eigenvalue weighted by atomic mass is 35.5. The van der Waals surface area contributed by atoms with Crippen molar-refractivity contribution in [2.45, 2.75) is 25.8 Å². The zero-order chi connectivity index (χ0) is 11.0. The lowest BCUT2D eigenvalue weighted by Gasteiger charge is -2.07. The Kier molecular flexibility index (Phi) is 2.65. The highest BCUT2D eigenvalue weighted by molar-refractivity contribution is 6.34. The van der Waals surface area contributed by atoms with Gasteiger partial charge in [-0.05, 0) is 37.5 Å². The molecule has 2 rings (SSSR count). The summed E-state index contributed by atoms with van der Waals surface area (Å²) in [6.07, 6.45) is 2.00. The minimum atomic E-state index is -0.433. The van der Waals surface area contributed by atoms with Gasteiger partial charge in [-0.3, -0.25) is 4.79 Å². The van der Waals surface area contributed by atoms with Crippen molar-refractivity contribution < 1.29 is 9.18 Å². The quantitative estimate of drug-likeness (QED) is 0.827. The van der Waals surface area contributed by atoms with E-state index in [4.69, 9.17) is 11.6 Å². The van der Waals surface area contributed by atoms with Crippen LogP contribution >= 0.6 is 11.6 Å². The van der Waals surface area contributed by atoms with Crippen molar-refractivity contribution in [1.82, 2.24) is 5.32 Å². The molecule has 1 aromatic carbocycles. The van der Waals surface area contributed by atoms with Crippen LogP contribution in [0.4, 0.5) is 4.39 Å². The number of nitrogens with one attached hydrogen (secondary N) is 1. The zero-order valence-electron chi connectivity index (χ0n) is 8.31. The number of carbonyl (C=O) groups is 1. The second-order valence-electron chi connectivity index (χ2n) is 3.83. The van der Waals surface area contributed by atoms with E-state index in [0.29, 0.717) is 10.6 Å². The van der Waals surface area contributed by atoms with E-state index in [0.717, 1.165) is 12.8 Å². The van der Waals surface area contributed by atoms with Crippen LogP contribution in [0.1, 0.15) is 28.8 Å². The summed E-state index contributed by atoms with van der Waals surface area (Å²) < 4.78 is 13.1. The van der Waals surface area contributed by atoms with Gasteiger partial charge in [0.25, 0.3) is 5.91 Å². The van der Waals surface area contributed by atoms with Gasteiger partial charge < -0.3 is 5.32 Å². The van der Waals surface area contributed by atoms with Crippen LogP contribution < -0.4 is 5.32 Å². The minimum Gasteiger partial charge on any atom is -0.349 e. The monoisotopic (exact) mass is 227 g/mol. The number of aryl methyl sites for hydroxylation is 1. The van der Waals surface area contributed by atoms with E-state index in [-0.39, 0.29) is 17.5 Å². The summed E-state index contributed by atoms with van der Waals surface area (Å²) in [5, 5.41) is 3.10. The molecule has 0 aliphatic heterocycles. The van der Waals surface area contributed by atoms with Gasteiger partial charge in [0.05, 0.1) is 10.6 Å². The molecule has 1 aliphatic rings. The third-order valence-corrected chi connectivity index (χ3v) is 2.88. The second kappa shape index (κ2) is 3.81. The Morgan fingerprint density at radius 2 is 2.20 bits per heavy atom. The van der Waals surface area contributed by atoms with Crippen molar-refractivity contribution in [2.24, 2.45) is 0 Å². The lowest BCUT2D eigenvalue weighted by atomic mass is 10.1. The van der Waals surface area contributed by atoms with E-state index in [1.165, 1.54) is 12.1 Å². The molecule has 0 atom stereocenters. The standard InChI is InChI=1S/C11H11ClFNO/c1-6-4-7(13)5-9(10(6)12)11(15)14-8-2-3-8/h4-5,8H,2-3H2,1H3,(H,14,15). The maximum atomic E-state index is 13.1. The summed E-state index contributed by atoms with van der Waals surface area (Å²) in [4.78, 5) is 11.7. The molecule has 1 aromatic rings. The summed E-state index contributed by atoms with van der Waals surface area (Å²) in [5.74, 6) is -0.719. The average molecular weight is 228 g/mol. The van der Waals surface area contributed by atoms with Crippen molar-refractivity contribution in [1.29, 1.82) is 0 Å². The molecule has 2 nitrogen and oxygen atoms in total. The first-order chi connectivity index (χ1) is 7.08. The molecule has 0 spiro atoms. The van der Waals surface area contributed by atoms with Gasteiger partial charge >= 0.3 is 0 Å². The van der Waals surface area contributed by atoms with E-state index in [1.807, 2.05) is 0 Å². The normalized spacial score (nSPS) is 15.1. The Balaban J connectivity index is 2.28. The molecule has 4 heteroatoms. The molecule has 0 radical (unpaired) electrons. The molecule has 1 amide bonds. The van der Waals surface area contributed by atoms with Crippen molar-refractivity contribution in [3.05, 3.63) is 34.1 Å². The van der Waals surface area contributed by atoms with Crippen molar-refractivity contribution in [2.75, 3.05) is 0 Å². The SMILES string of the molecule is Cc1cc(F)cc(C(=O)NC2CC2)c1Cl. The summed E-state index contributed by atoms with van der Waals surface area (Å²) >= 11 is 5.94. The van der Waals surface area contributed by atoms with Gasteiger partial charge in [0.2, 0.25) is 0 Å². The van der Waals surface area contributed by atoms with Crippen LogP contribution in [0, 0.1) is 12.7 Å². The molecular formula is C11H11ClFNO. The first-order valence-electron chi connectivity index (χ1n) is 4.84. The molecule has 1 saturated carbocycles. The predicted octanol–water partition coefficient (Wildman–Crippen LogP) is 2.68. The van der Waals surface area contributed by atoms with Crippen molar-refractivity contribution in [3.63, 3.8) is 0 Å². The number of rotatable bonds is 2. The summed E-state index contributed by atoms with van der Waals surface area (Å²) in [6, 6.07) is 2.74. The van der Waals surface area contributed by atoms with Gasteiger partial charge in [0.15, 0.2) is 0 Å². The smallest absolute Gasteiger partial charge is 0.253 e. The fourth-order valence-electron chi connectivity index (χ4n) is 1.38.